The van der Waals surface area contributed by atoms with Gasteiger partial charge >= 0.3 is 41.9 Å². The van der Waals surface area contributed by atoms with Crippen LogP contribution >= 0.6 is 0 Å². The van der Waals surface area contributed by atoms with E-state index in [1.54, 1.807) is 80.5 Å². The number of halogens is 1. The molecule has 2 aliphatic heterocycles. The molecule has 3 aromatic rings. The zero-order valence-electron chi connectivity index (χ0n) is 47.9. The Morgan fingerprint density at radius 2 is 0.812 bits per heavy atom. The van der Waals surface area contributed by atoms with Crippen LogP contribution in [0.2, 0.25) is 0 Å². The maximum absolute atomic E-state index is 12.4. The van der Waals surface area contributed by atoms with Gasteiger partial charge in [0.1, 0.15) is 39.1 Å². The normalized spacial score (nSPS) is 16.2. The number of carbonyl (C=O) groups is 6. The van der Waals surface area contributed by atoms with Crippen molar-refractivity contribution in [2.24, 2.45) is 0 Å². The maximum atomic E-state index is 12.4. The zero-order valence-corrected chi connectivity index (χ0v) is 47.9. The predicted octanol–water partition coefficient (Wildman–Crippen LogP) is 9.06. The second-order valence-electron chi connectivity index (χ2n) is 22.1. The van der Waals surface area contributed by atoms with Crippen molar-refractivity contribution in [3.8, 4) is 0 Å². The molecule has 6 rings (SSSR count). The smallest absolute Gasteiger partial charge is 0.408 e. The Balaban J connectivity index is 0.000000294. The van der Waals surface area contributed by atoms with E-state index in [4.69, 9.17) is 34.2 Å². The van der Waals surface area contributed by atoms with Crippen molar-refractivity contribution < 1.29 is 71.4 Å². The lowest BCUT2D eigenvalue weighted by atomic mass is 9.82. The summed E-state index contributed by atoms with van der Waals surface area (Å²) < 4.78 is 42.8. The Morgan fingerprint density at radius 1 is 0.500 bits per heavy atom. The van der Waals surface area contributed by atoms with Gasteiger partial charge in [0.25, 0.3) is 5.69 Å². The average Bonchev–Trinajstić information content (AvgIpc) is 3.37. The number of carbonyl (C=O) groups excluding carboxylic acids is 6. The molecule has 0 aromatic heterocycles. The topological polar surface area (TPSA) is 313 Å². The van der Waals surface area contributed by atoms with Gasteiger partial charge in [-0.3, -0.25) is 20.2 Å². The van der Waals surface area contributed by atoms with Crippen LogP contribution in [0.25, 0.3) is 0 Å². The molecule has 0 atom stereocenters. The van der Waals surface area contributed by atoms with Crippen LogP contribution in [0, 0.1) is 26.0 Å². The van der Waals surface area contributed by atoms with Crippen LogP contribution in [0.5, 0.6) is 0 Å². The lowest BCUT2D eigenvalue weighted by Gasteiger charge is -2.41. The number of hydrogen-bond donors (Lipinski definition) is 4. The van der Waals surface area contributed by atoms with Crippen LogP contribution in [0.1, 0.15) is 120 Å². The number of amides is 3. The number of nitrogens with zero attached hydrogens (tertiary/aromatic N) is 4. The van der Waals surface area contributed by atoms with Crippen molar-refractivity contribution in [3.63, 3.8) is 0 Å². The van der Waals surface area contributed by atoms with Crippen LogP contribution in [0.15, 0.2) is 72.8 Å². The summed E-state index contributed by atoms with van der Waals surface area (Å²) in [6, 6.07) is 19.0. The molecule has 1 saturated carbocycles. The van der Waals surface area contributed by atoms with Crippen LogP contribution in [0.3, 0.4) is 0 Å². The molecule has 1 aliphatic carbocycles. The monoisotopic (exact) mass is 1130 g/mol. The number of methoxy groups -OCH3 is 3. The minimum Gasteiger partial charge on any atom is -0.467 e. The van der Waals surface area contributed by atoms with E-state index < -0.39 is 85.0 Å². The molecule has 442 valence electrons. The third kappa shape index (κ3) is 20.0. The van der Waals surface area contributed by atoms with Crippen molar-refractivity contribution in [3.05, 3.63) is 98.8 Å². The molecule has 0 spiro atoms. The molecular weight excluding hydrogens is 1050 g/mol. The van der Waals surface area contributed by atoms with Crippen molar-refractivity contribution in [2.45, 2.75) is 154 Å². The summed E-state index contributed by atoms with van der Waals surface area (Å²) in [6.45, 7) is 17.7. The summed E-state index contributed by atoms with van der Waals surface area (Å²) in [5.41, 5.74) is 2.52. The van der Waals surface area contributed by atoms with E-state index in [1.165, 1.54) is 39.5 Å². The highest BCUT2D eigenvalue weighted by Crippen LogP contribution is 2.35. The SMILES string of the molecule is COC(=O)C1(NC(=O)OC(C)(C)C)CCCCC1.COC(=O)C1(NC(=O)OC(C)(C)C)CCN(c2ccccc2N)CC1.COC(=O)C1(NC(=O)OC(C)(C)C)CCN(c2ccccc2[N+](=O)[O-])CC1.O=[N+]([O-])c1ccccc1F. The number of esters is 3. The van der Waals surface area contributed by atoms with Gasteiger partial charge in [0.15, 0.2) is 0 Å². The Kier molecular flexibility index (Phi) is 23.8. The van der Waals surface area contributed by atoms with Gasteiger partial charge in [-0.2, -0.15) is 4.39 Å². The lowest BCUT2D eigenvalue weighted by molar-refractivity contribution is -0.387. The molecule has 25 heteroatoms. The number of nitrogen functional groups attached to an aromatic ring is 1. The highest BCUT2D eigenvalue weighted by molar-refractivity contribution is 5.88. The maximum Gasteiger partial charge on any atom is 0.408 e. The molecule has 0 unspecified atom stereocenters. The Hall–Kier alpha value is -7.99. The first-order valence-electron chi connectivity index (χ1n) is 26.0. The van der Waals surface area contributed by atoms with Crippen molar-refractivity contribution in [2.75, 3.05) is 63.0 Å². The Bertz CT molecular complexity index is 2610. The second-order valence-corrected chi connectivity index (χ2v) is 22.1. The fourth-order valence-electron chi connectivity index (χ4n) is 8.90. The third-order valence-corrected chi connectivity index (χ3v) is 12.6. The first-order valence-corrected chi connectivity index (χ1v) is 26.0. The number of alkyl carbamates (subject to hydrolysis) is 3. The van der Waals surface area contributed by atoms with Crippen LogP contribution < -0.4 is 31.5 Å². The van der Waals surface area contributed by atoms with Gasteiger partial charge in [-0.05, 0) is 125 Å². The summed E-state index contributed by atoms with van der Waals surface area (Å²) in [4.78, 5) is 96.8. The summed E-state index contributed by atoms with van der Waals surface area (Å²) >= 11 is 0. The first kappa shape index (κ1) is 66.3. The van der Waals surface area contributed by atoms with Crippen LogP contribution in [-0.4, -0.2) is 127 Å². The van der Waals surface area contributed by atoms with E-state index in [2.05, 4.69) is 20.9 Å². The number of nitrogens with one attached hydrogen (secondary N) is 3. The number of piperidine rings is 2. The third-order valence-electron chi connectivity index (χ3n) is 12.6. The van der Waals surface area contributed by atoms with Crippen LogP contribution in [-0.2, 0) is 42.8 Å². The number of ether oxygens (including phenoxy) is 6. The van der Waals surface area contributed by atoms with Crippen LogP contribution in [0.4, 0.5) is 47.2 Å². The molecule has 3 amide bonds. The highest BCUT2D eigenvalue weighted by Gasteiger charge is 2.47. The largest absolute Gasteiger partial charge is 0.467 e. The highest BCUT2D eigenvalue weighted by atomic mass is 19.1. The predicted molar refractivity (Wildman–Crippen MR) is 295 cm³/mol. The van der Waals surface area contributed by atoms with Gasteiger partial charge in [0, 0.05) is 38.3 Å². The van der Waals surface area contributed by atoms with E-state index in [1.807, 2.05) is 29.2 Å². The molecule has 0 bridgehead atoms. The number of nitrogens with two attached hydrogens (primary N) is 1. The molecule has 2 heterocycles. The Morgan fingerprint density at radius 3 is 1.14 bits per heavy atom. The zero-order chi connectivity index (χ0) is 60.3. The molecule has 3 aromatic carbocycles. The molecule has 2 saturated heterocycles. The lowest BCUT2D eigenvalue weighted by Crippen LogP contribution is -2.61. The molecule has 0 radical (unpaired) electrons. The summed E-state index contributed by atoms with van der Waals surface area (Å²) in [5, 5.41) is 29.3. The molecular formula is C55H79FN8O16. The minimum atomic E-state index is -1.23. The standard InChI is InChI=1S/C18H25N3O6.C18H27N3O4.C13H23NO4.C6H4FNO2/c1-17(2,3)27-16(23)19-18(15(22)26-4)9-11-20(12-10-18)13-7-5-6-8-14(13)21(24)25;1-17(2,3)25-16(23)20-18(15(22)24-4)9-11-21(12-10-18)14-8-6-5-7-13(14)19;1-12(2,3)18-11(16)14-13(10(15)17-4)8-6-5-7-9-13;7-5-3-1-2-4-6(5)8(9)10/h5-8H,9-12H2,1-4H3,(H,19,23);5-8H,9-12,19H2,1-4H3,(H,20,23);5-9H2,1-4H3,(H,14,16);1-4H. The molecule has 5 N–H and O–H groups in total. The molecule has 3 fully saturated rings. The summed E-state index contributed by atoms with van der Waals surface area (Å²) in [5.74, 6) is -2.20. The Labute approximate surface area is 466 Å². The first-order chi connectivity index (χ1) is 37.2. The van der Waals surface area contributed by atoms with Gasteiger partial charge in [-0.15, -0.1) is 0 Å². The van der Waals surface area contributed by atoms with Gasteiger partial charge < -0.3 is 59.9 Å². The van der Waals surface area contributed by atoms with Gasteiger partial charge in [-0.25, -0.2) is 28.8 Å². The van der Waals surface area contributed by atoms with E-state index >= 15 is 0 Å². The quantitative estimate of drug-likeness (QED) is 0.0483. The fourth-order valence-corrected chi connectivity index (χ4v) is 8.90. The number of nitro benzene ring substituents is 2. The molecule has 80 heavy (non-hydrogen) atoms. The molecule has 24 nitrogen and oxygen atoms in total. The van der Waals surface area contributed by atoms with Crippen molar-refractivity contribution in [1.29, 1.82) is 0 Å². The van der Waals surface area contributed by atoms with Gasteiger partial charge in [-0.1, -0.05) is 55.7 Å². The van der Waals surface area contributed by atoms with E-state index in [0.717, 1.165) is 37.1 Å². The molecule has 3 aliphatic rings. The number of para-hydroxylation sites is 5. The van der Waals surface area contributed by atoms with Crippen molar-refractivity contribution >= 4 is 64.6 Å². The number of hydrogen-bond acceptors (Lipinski definition) is 19. The van der Waals surface area contributed by atoms with E-state index in [0.29, 0.717) is 63.2 Å². The van der Waals surface area contributed by atoms with Gasteiger partial charge in [0.05, 0.1) is 42.6 Å². The summed E-state index contributed by atoms with van der Waals surface area (Å²) in [7, 11) is 3.92. The second kappa shape index (κ2) is 28.8. The fraction of sp³-hybridized carbons (Fsp3) is 0.564. The van der Waals surface area contributed by atoms with Crippen molar-refractivity contribution in [1.82, 2.24) is 16.0 Å². The minimum absolute atomic E-state index is 0.00293. The number of nitro groups is 2. The number of anilines is 3. The average molecular weight is 1130 g/mol. The number of benzene rings is 3. The van der Waals surface area contributed by atoms with E-state index in [-0.39, 0.29) is 24.5 Å². The van der Waals surface area contributed by atoms with E-state index in [9.17, 15) is 53.4 Å². The summed E-state index contributed by atoms with van der Waals surface area (Å²) in [6.07, 6.45) is 3.53. The van der Waals surface area contributed by atoms with Gasteiger partial charge in [0.2, 0.25) is 5.82 Å². The number of rotatable bonds is 10.